The van der Waals surface area contributed by atoms with Crippen molar-refractivity contribution >= 4 is 50.0 Å². The second kappa shape index (κ2) is 11.9. The molecule has 1 aliphatic carbocycles. The molecule has 11 heteroatoms. The highest BCUT2D eigenvalue weighted by Crippen LogP contribution is 2.30. The summed E-state index contributed by atoms with van der Waals surface area (Å²) in [4.78, 5) is 25.3. The molecule has 1 heterocycles. The SMILES string of the molecule is COc1cc(C(=O)NS(=O)(=O)c2ccccc2Cl)ccc1Cc1nn(C)c2ccc(NC(=O)CC3CCCC3)cc12. The maximum atomic E-state index is 12.9. The molecule has 0 aliphatic heterocycles. The highest BCUT2D eigenvalue weighted by Gasteiger charge is 2.23. The number of hydrogen-bond acceptors (Lipinski definition) is 6. The molecule has 5 rings (SSSR count). The van der Waals surface area contributed by atoms with Crippen LogP contribution >= 0.6 is 11.6 Å². The van der Waals surface area contributed by atoms with Crippen molar-refractivity contribution in [2.75, 3.05) is 12.4 Å². The van der Waals surface area contributed by atoms with Crippen molar-refractivity contribution in [3.05, 3.63) is 82.5 Å². The fraction of sp³-hybridized carbons (Fsp3) is 0.300. The number of aryl methyl sites for hydroxylation is 1. The Balaban J connectivity index is 1.35. The molecule has 41 heavy (non-hydrogen) atoms. The maximum absolute atomic E-state index is 12.9. The molecule has 0 radical (unpaired) electrons. The van der Waals surface area contributed by atoms with E-state index in [1.54, 1.807) is 16.8 Å². The summed E-state index contributed by atoms with van der Waals surface area (Å²) in [6.07, 6.45) is 5.53. The van der Waals surface area contributed by atoms with Crippen molar-refractivity contribution < 1.29 is 22.7 Å². The zero-order chi connectivity index (χ0) is 29.1. The zero-order valence-electron chi connectivity index (χ0n) is 22.8. The lowest BCUT2D eigenvalue weighted by atomic mass is 10.0. The smallest absolute Gasteiger partial charge is 0.265 e. The maximum Gasteiger partial charge on any atom is 0.265 e. The van der Waals surface area contributed by atoms with Crippen LogP contribution in [0.25, 0.3) is 10.9 Å². The third kappa shape index (κ3) is 6.39. The molecular weight excluding hydrogens is 564 g/mol. The van der Waals surface area contributed by atoms with E-state index in [1.165, 1.54) is 50.3 Å². The molecule has 2 N–H and O–H groups in total. The fourth-order valence-electron chi connectivity index (χ4n) is 5.35. The van der Waals surface area contributed by atoms with Crippen molar-refractivity contribution in [3.63, 3.8) is 0 Å². The van der Waals surface area contributed by atoms with E-state index in [2.05, 4.69) is 15.1 Å². The first-order valence-electron chi connectivity index (χ1n) is 13.4. The van der Waals surface area contributed by atoms with E-state index in [0.717, 1.165) is 35.0 Å². The molecule has 1 fully saturated rings. The molecule has 0 atom stereocenters. The number of anilines is 1. The quantitative estimate of drug-likeness (QED) is 0.265. The van der Waals surface area contributed by atoms with Crippen LogP contribution in [0.2, 0.25) is 5.02 Å². The lowest BCUT2D eigenvalue weighted by Crippen LogP contribution is -2.30. The molecule has 1 aliphatic rings. The Hall–Kier alpha value is -3.89. The summed E-state index contributed by atoms with van der Waals surface area (Å²) in [6.45, 7) is 0. The largest absolute Gasteiger partial charge is 0.496 e. The van der Waals surface area contributed by atoms with E-state index < -0.39 is 15.9 Å². The number of ether oxygens (including phenoxy) is 1. The van der Waals surface area contributed by atoms with Crippen LogP contribution in [0.3, 0.4) is 0 Å². The van der Waals surface area contributed by atoms with Crippen LogP contribution in [-0.2, 0) is 28.3 Å². The number of sulfonamides is 1. The van der Waals surface area contributed by atoms with Gasteiger partial charge < -0.3 is 10.1 Å². The van der Waals surface area contributed by atoms with Crippen LogP contribution in [0.4, 0.5) is 5.69 Å². The fourth-order valence-corrected chi connectivity index (χ4v) is 6.84. The molecule has 1 aromatic heterocycles. The first kappa shape index (κ1) is 28.6. The number of nitrogens with one attached hydrogen (secondary N) is 2. The lowest BCUT2D eigenvalue weighted by Gasteiger charge is -2.12. The molecule has 1 saturated carbocycles. The Kier molecular flexibility index (Phi) is 8.32. The van der Waals surface area contributed by atoms with Gasteiger partial charge in [-0.1, -0.05) is 42.6 Å². The molecule has 0 bridgehead atoms. The standard InChI is InChI=1S/C30H31ClN4O5S/c1-35-26-14-13-22(32-29(36)15-19-7-3-4-8-19)18-23(26)25(33-35)16-20-11-12-21(17-27(20)40-2)30(37)34-41(38,39)28-10-6-5-9-24(28)31/h5-6,9-14,17-19H,3-4,7-8,15-16H2,1-2H3,(H,32,36)(H,34,37). The number of methoxy groups -OCH3 is 1. The summed E-state index contributed by atoms with van der Waals surface area (Å²) < 4.78 is 34.8. The predicted octanol–water partition coefficient (Wildman–Crippen LogP) is 5.46. The third-order valence-corrected chi connectivity index (χ3v) is 9.25. The van der Waals surface area contributed by atoms with E-state index >= 15 is 0 Å². The number of hydrogen-bond donors (Lipinski definition) is 2. The van der Waals surface area contributed by atoms with Crippen molar-refractivity contribution in [2.24, 2.45) is 13.0 Å². The molecule has 4 aromatic rings. The van der Waals surface area contributed by atoms with Gasteiger partial charge in [-0.2, -0.15) is 5.10 Å². The second-order valence-electron chi connectivity index (χ2n) is 10.3. The normalized spacial score (nSPS) is 13.8. The first-order chi connectivity index (χ1) is 19.6. The minimum absolute atomic E-state index is 0.0138. The molecule has 0 spiro atoms. The van der Waals surface area contributed by atoms with Crippen LogP contribution in [0.15, 0.2) is 65.6 Å². The van der Waals surface area contributed by atoms with Gasteiger partial charge >= 0.3 is 0 Å². The van der Waals surface area contributed by atoms with Gasteiger partial charge in [0.25, 0.3) is 15.9 Å². The molecule has 0 unspecified atom stereocenters. The van der Waals surface area contributed by atoms with Crippen molar-refractivity contribution in [1.82, 2.24) is 14.5 Å². The number of carbonyl (C=O) groups is 2. The van der Waals surface area contributed by atoms with Crippen molar-refractivity contribution in [1.29, 1.82) is 0 Å². The van der Waals surface area contributed by atoms with E-state index in [0.29, 0.717) is 30.2 Å². The number of rotatable bonds is 9. The number of nitrogens with zero attached hydrogens (tertiary/aromatic N) is 2. The van der Waals surface area contributed by atoms with E-state index in [-0.39, 0.29) is 21.4 Å². The molecule has 0 saturated heterocycles. The first-order valence-corrected chi connectivity index (χ1v) is 15.2. The average molecular weight is 595 g/mol. The predicted molar refractivity (Wildman–Crippen MR) is 158 cm³/mol. The number of aromatic nitrogens is 2. The molecule has 2 amide bonds. The van der Waals surface area contributed by atoms with Gasteiger partial charge in [0.05, 0.1) is 23.3 Å². The van der Waals surface area contributed by atoms with Gasteiger partial charge in [0.15, 0.2) is 0 Å². The van der Waals surface area contributed by atoms with Gasteiger partial charge in [0.1, 0.15) is 10.6 Å². The average Bonchev–Trinajstić information content (AvgIpc) is 3.56. The van der Waals surface area contributed by atoms with Crippen molar-refractivity contribution in [3.8, 4) is 5.75 Å². The summed E-state index contributed by atoms with van der Waals surface area (Å²) in [5.41, 5.74) is 3.27. The van der Waals surface area contributed by atoms with Crippen LogP contribution in [0, 0.1) is 5.92 Å². The molecular formula is C30H31ClN4O5S. The van der Waals surface area contributed by atoms with Crippen LogP contribution in [0.5, 0.6) is 5.75 Å². The zero-order valence-corrected chi connectivity index (χ0v) is 24.4. The van der Waals surface area contributed by atoms with E-state index in [1.807, 2.05) is 25.2 Å². The molecule has 9 nitrogen and oxygen atoms in total. The van der Waals surface area contributed by atoms with Gasteiger partial charge in [-0.3, -0.25) is 14.3 Å². The second-order valence-corrected chi connectivity index (χ2v) is 12.3. The number of fused-ring (bicyclic) bond motifs is 1. The topological polar surface area (TPSA) is 119 Å². The highest BCUT2D eigenvalue weighted by atomic mass is 35.5. The van der Waals surface area contributed by atoms with Gasteiger partial charge in [-0.05, 0) is 61.2 Å². The Morgan fingerprint density at radius 3 is 2.56 bits per heavy atom. The number of carbonyl (C=O) groups excluding carboxylic acids is 2. The Bertz CT molecular complexity index is 1730. The molecule has 3 aromatic carbocycles. The lowest BCUT2D eigenvalue weighted by molar-refractivity contribution is -0.117. The van der Waals surface area contributed by atoms with Crippen molar-refractivity contribution in [2.45, 2.75) is 43.4 Å². The van der Waals surface area contributed by atoms with Crippen LogP contribution in [0.1, 0.15) is 53.7 Å². The van der Waals surface area contributed by atoms with Gasteiger partial charge in [0, 0.05) is 42.1 Å². The summed E-state index contributed by atoms with van der Waals surface area (Å²) in [6, 6.07) is 16.4. The summed E-state index contributed by atoms with van der Waals surface area (Å²) in [7, 11) is -0.836. The Morgan fingerprint density at radius 1 is 1.07 bits per heavy atom. The highest BCUT2D eigenvalue weighted by molar-refractivity contribution is 7.90. The van der Waals surface area contributed by atoms with Crippen LogP contribution < -0.4 is 14.8 Å². The van der Waals surface area contributed by atoms with Gasteiger partial charge in [-0.15, -0.1) is 0 Å². The number of benzene rings is 3. The summed E-state index contributed by atoms with van der Waals surface area (Å²) in [5, 5.41) is 8.63. The number of halogens is 1. The summed E-state index contributed by atoms with van der Waals surface area (Å²) in [5.74, 6) is 0.0823. The summed E-state index contributed by atoms with van der Waals surface area (Å²) >= 11 is 6.02. The van der Waals surface area contributed by atoms with Gasteiger partial charge in [0.2, 0.25) is 5.91 Å². The van der Waals surface area contributed by atoms with Gasteiger partial charge in [-0.25, -0.2) is 13.1 Å². The minimum Gasteiger partial charge on any atom is -0.496 e. The third-order valence-electron chi connectivity index (χ3n) is 7.42. The van der Waals surface area contributed by atoms with E-state index in [4.69, 9.17) is 16.3 Å². The monoisotopic (exact) mass is 594 g/mol. The minimum atomic E-state index is -4.17. The van der Waals surface area contributed by atoms with E-state index in [9.17, 15) is 18.0 Å². The molecule has 214 valence electrons. The van der Waals surface area contributed by atoms with Crippen LogP contribution in [-0.4, -0.2) is 37.1 Å². The Labute approximate surface area is 243 Å². The number of amides is 2. The Morgan fingerprint density at radius 2 is 1.83 bits per heavy atom.